The fraction of sp³-hybridized carbons (Fsp3) is 0.444. The van der Waals surface area contributed by atoms with Crippen molar-refractivity contribution in [1.82, 2.24) is 5.32 Å². The highest BCUT2D eigenvalue weighted by molar-refractivity contribution is 5.94. The highest BCUT2D eigenvalue weighted by Crippen LogP contribution is 2.16. The molecule has 0 spiro atoms. The monoisotopic (exact) mass is 319 g/mol. The lowest BCUT2D eigenvalue weighted by Gasteiger charge is -2.19. The molecular weight excluding hydrogens is 294 g/mol. The maximum atomic E-state index is 11.9. The van der Waals surface area contributed by atoms with E-state index in [2.05, 4.69) is 5.32 Å². The Labute approximate surface area is 137 Å². The second kappa shape index (κ2) is 8.98. The molecule has 0 saturated carbocycles. The first-order valence-corrected chi connectivity index (χ1v) is 7.81. The van der Waals surface area contributed by atoms with Gasteiger partial charge < -0.3 is 15.2 Å². The zero-order chi connectivity index (χ0) is 17.4. The Hall–Kier alpha value is -2.30. The smallest absolute Gasteiger partial charge is 0.326 e. The van der Waals surface area contributed by atoms with E-state index in [0.717, 1.165) is 11.3 Å². The van der Waals surface area contributed by atoms with Crippen LogP contribution in [-0.4, -0.2) is 29.1 Å². The van der Waals surface area contributed by atoms with Crippen LogP contribution in [0.1, 0.15) is 39.7 Å². The van der Waals surface area contributed by atoms with E-state index in [1.807, 2.05) is 45.0 Å². The Morgan fingerprint density at radius 2 is 2.00 bits per heavy atom. The lowest BCUT2D eigenvalue weighted by Crippen LogP contribution is -2.44. The minimum atomic E-state index is -1.02. The minimum absolute atomic E-state index is 0.0735. The number of carbonyl (C=O) groups is 2. The standard InChI is InChI=1S/C18H25NO4/c1-5-13(4)17(18(21)22)19-16(20)10-9-14-7-6-8-15(11-14)23-12(2)3/h6-13,17H,5H2,1-4H3,(H,19,20)(H,21,22)/b10-9+. The molecule has 0 fully saturated rings. The number of rotatable bonds is 8. The highest BCUT2D eigenvalue weighted by Gasteiger charge is 2.24. The summed E-state index contributed by atoms with van der Waals surface area (Å²) in [4.78, 5) is 23.1. The van der Waals surface area contributed by atoms with E-state index in [1.54, 1.807) is 13.0 Å². The molecule has 5 heteroatoms. The first kappa shape index (κ1) is 18.7. The number of carbonyl (C=O) groups excluding carboxylic acids is 1. The van der Waals surface area contributed by atoms with Gasteiger partial charge in [0.2, 0.25) is 5.91 Å². The van der Waals surface area contributed by atoms with Crippen LogP contribution >= 0.6 is 0 Å². The molecule has 1 rings (SSSR count). The third kappa shape index (κ3) is 6.55. The first-order chi connectivity index (χ1) is 10.8. The predicted octanol–water partition coefficient (Wildman–Crippen LogP) is 3.10. The Morgan fingerprint density at radius 1 is 1.30 bits per heavy atom. The van der Waals surface area contributed by atoms with Crippen LogP contribution in [0.25, 0.3) is 6.08 Å². The first-order valence-electron chi connectivity index (χ1n) is 7.81. The van der Waals surface area contributed by atoms with E-state index < -0.39 is 17.9 Å². The van der Waals surface area contributed by atoms with Gasteiger partial charge in [-0.1, -0.05) is 32.4 Å². The summed E-state index contributed by atoms with van der Waals surface area (Å²) < 4.78 is 5.59. The zero-order valence-electron chi connectivity index (χ0n) is 14.1. The SMILES string of the molecule is CCC(C)C(NC(=O)/C=C/c1cccc(OC(C)C)c1)C(=O)O. The van der Waals surface area contributed by atoms with E-state index >= 15 is 0 Å². The van der Waals surface area contributed by atoms with Crippen molar-refractivity contribution in [2.75, 3.05) is 0 Å². The number of hydrogen-bond acceptors (Lipinski definition) is 3. The molecule has 5 nitrogen and oxygen atoms in total. The molecule has 126 valence electrons. The number of carboxylic acids is 1. The highest BCUT2D eigenvalue weighted by atomic mass is 16.5. The Bertz CT molecular complexity index is 566. The lowest BCUT2D eigenvalue weighted by atomic mass is 9.99. The molecule has 1 amide bonds. The fourth-order valence-electron chi connectivity index (χ4n) is 2.02. The predicted molar refractivity (Wildman–Crippen MR) is 90.3 cm³/mol. The van der Waals surface area contributed by atoms with E-state index in [0.29, 0.717) is 6.42 Å². The average Bonchev–Trinajstić information content (AvgIpc) is 2.49. The van der Waals surface area contributed by atoms with Gasteiger partial charge in [0.05, 0.1) is 6.10 Å². The van der Waals surface area contributed by atoms with Crippen LogP contribution in [0.15, 0.2) is 30.3 Å². The fourth-order valence-corrected chi connectivity index (χ4v) is 2.02. The summed E-state index contributed by atoms with van der Waals surface area (Å²) >= 11 is 0. The molecule has 0 aliphatic rings. The zero-order valence-corrected chi connectivity index (χ0v) is 14.1. The van der Waals surface area contributed by atoms with Crippen LogP contribution in [0.5, 0.6) is 5.75 Å². The van der Waals surface area contributed by atoms with Gasteiger partial charge in [0.1, 0.15) is 11.8 Å². The largest absolute Gasteiger partial charge is 0.491 e. The van der Waals surface area contributed by atoms with Gasteiger partial charge in [-0.3, -0.25) is 4.79 Å². The second-order valence-electron chi connectivity index (χ2n) is 5.78. The molecular formula is C18H25NO4. The minimum Gasteiger partial charge on any atom is -0.491 e. The van der Waals surface area contributed by atoms with Crippen LogP contribution < -0.4 is 10.1 Å². The topological polar surface area (TPSA) is 75.6 Å². The maximum Gasteiger partial charge on any atom is 0.326 e. The Morgan fingerprint density at radius 3 is 2.57 bits per heavy atom. The van der Waals surface area contributed by atoms with Crippen LogP contribution in [0.2, 0.25) is 0 Å². The molecule has 1 aromatic carbocycles. The van der Waals surface area contributed by atoms with Crippen molar-refractivity contribution in [1.29, 1.82) is 0 Å². The number of carboxylic acid groups (broad SMARTS) is 1. The normalized spacial score (nSPS) is 13.8. The number of hydrogen-bond donors (Lipinski definition) is 2. The van der Waals surface area contributed by atoms with E-state index in [-0.39, 0.29) is 12.0 Å². The number of amides is 1. The molecule has 0 aliphatic heterocycles. The molecule has 0 bridgehead atoms. The molecule has 1 aromatic rings. The Balaban J connectivity index is 2.72. The van der Waals surface area contributed by atoms with Gasteiger partial charge in [-0.2, -0.15) is 0 Å². The van der Waals surface area contributed by atoms with Gasteiger partial charge in [-0.05, 0) is 43.5 Å². The molecule has 0 saturated heterocycles. The average molecular weight is 319 g/mol. The number of nitrogens with one attached hydrogen (secondary N) is 1. The molecule has 23 heavy (non-hydrogen) atoms. The molecule has 0 aliphatic carbocycles. The van der Waals surface area contributed by atoms with Crippen LogP contribution in [0.4, 0.5) is 0 Å². The van der Waals surface area contributed by atoms with Crippen molar-refractivity contribution in [2.45, 2.75) is 46.3 Å². The van der Waals surface area contributed by atoms with Gasteiger partial charge >= 0.3 is 5.97 Å². The van der Waals surface area contributed by atoms with Crippen molar-refractivity contribution >= 4 is 18.0 Å². The van der Waals surface area contributed by atoms with Crippen molar-refractivity contribution in [3.05, 3.63) is 35.9 Å². The lowest BCUT2D eigenvalue weighted by molar-refractivity contribution is -0.142. The summed E-state index contributed by atoms with van der Waals surface area (Å²) in [5, 5.41) is 11.7. The summed E-state index contributed by atoms with van der Waals surface area (Å²) in [7, 11) is 0. The molecule has 0 heterocycles. The van der Waals surface area contributed by atoms with Crippen LogP contribution in [-0.2, 0) is 9.59 Å². The van der Waals surface area contributed by atoms with E-state index in [9.17, 15) is 14.7 Å². The molecule has 2 atom stereocenters. The number of ether oxygens (including phenoxy) is 1. The quantitative estimate of drug-likeness (QED) is 0.722. The van der Waals surface area contributed by atoms with Crippen molar-refractivity contribution in [3.63, 3.8) is 0 Å². The van der Waals surface area contributed by atoms with Gasteiger partial charge in [-0.25, -0.2) is 4.79 Å². The molecule has 0 radical (unpaired) electrons. The molecule has 0 aromatic heterocycles. The van der Waals surface area contributed by atoms with Gasteiger partial charge in [0.15, 0.2) is 0 Å². The molecule has 2 unspecified atom stereocenters. The maximum absolute atomic E-state index is 11.9. The summed E-state index contributed by atoms with van der Waals surface area (Å²) in [6, 6.07) is 6.48. The van der Waals surface area contributed by atoms with Gasteiger partial charge in [0, 0.05) is 6.08 Å². The summed E-state index contributed by atoms with van der Waals surface area (Å²) in [6.45, 7) is 7.58. The van der Waals surface area contributed by atoms with Crippen LogP contribution in [0.3, 0.4) is 0 Å². The van der Waals surface area contributed by atoms with Gasteiger partial charge in [0.25, 0.3) is 0 Å². The number of benzene rings is 1. The Kier molecular flexibility index (Phi) is 7.32. The van der Waals surface area contributed by atoms with E-state index in [4.69, 9.17) is 4.74 Å². The third-order valence-electron chi connectivity index (χ3n) is 3.43. The summed E-state index contributed by atoms with van der Waals surface area (Å²) in [5.41, 5.74) is 0.814. The van der Waals surface area contributed by atoms with Gasteiger partial charge in [-0.15, -0.1) is 0 Å². The van der Waals surface area contributed by atoms with Crippen molar-refractivity contribution in [3.8, 4) is 5.75 Å². The third-order valence-corrected chi connectivity index (χ3v) is 3.43. The summed E-state index contributed by atoms with van der Waals surface area (Å²) in [5.74, 6) is -0.848. The molecule has 2 N–H and O–H groups in total. The second-order valence-corrected chi connectivity index (χ2v) is 5.78. The van der Waals surface area contributed by atoms with E-state index in [1.165, 1.54) is 6.08 Å². The van der Waals surface area contributed by atoms with Crippen molar-refractivity contribution in [2.24, 2.45) is 5.92 Å². The number of aliphatic carboxylic acids is 1. The van der Waals surface area contributed by atoms with Crippen LogP contribution in [0, 0.1) is 5.92 Å². The summed E-state index contributed by atoms with van der Waals surface area (Å²) in [6.07, 6.45) is 3.73. The van der Waals surface area contributed by atoms with Crippen molar-refractivity contribution < 1.29 is 19.4 Å².